The zero-order chi connectivity index (χ0) is 14.4. The van der Waals surface area contributed by atoms with Gasteiger partial charge in [-0.3, -0.25) is 9.48 Å². The Balaban J connectivity index is 1.86. The molecule has 0 atom stereocenters. The fraction of sp³-hybridized carbons (Fsp3) is 0.333. The maximum Gasteiger partial charge on any atom is 0.233 e. The monoisotopic (exact) mass is 289 g/mol. The summed E-state index contributed by atoms with van der Waals surface area (Å²) in [6, 6.07) is 11.9. The summed E-state index contributed by atoms with van der Waals surface area (Å²) in [5.74, 6) is 0.587. The third kappa shape index (κ3) is 3.87. The molecule has 0 unspecified atom stereocenters. The Morgan fingerprint density at radius 2 is 2.05 bits per heavy atom. The predicted molar refractivity (Wildman–Crippen MR) is 81.5 cm³/mol. The lowest BCUT2D eigenvalue weighted by molar-refractivity contribution is -0.127. The average molecular weight is 289 g/mol. The number of amides is 1. The molecular weight excluding hydrogens is 270 g/mol. The molecular formula is C15H19N3OS. The highest BCUT2D eigenvalue weighted by Gasteiger charge is 2.11. The van der Waals surface area contributed by atoms with E-state index >= 15 is 0 Å². The van der Waals surface area contributed by atoms with Crippen LogP contribution in [0, 0.1) is 0 Å². The zero-order valence-corrected chi connectivity index (χ0v) is 12.6. The van der Waals surface area contributed by atoms with Gasteiger partial charge in [-0.2, -0.15) is 5.10 Å². The van der Waals surface area contributed by atoms with Crippen LogP contribution in [0.15, 0.2) is 47.5 Å². The summed E-state index contributed by atoms with van der Waals surface area (Å²) < 4.78 is 1.91. The smallest absolute Gasteiger partial charge is 0.233 e. The van der Waals surface area contributed by atoms with E-state index in [0.717, 1.165) is 17.1 Å². The van der Waals surface area contributed by atoms with Crippen molar-refractivity contribution in [2.24, 2.45) is 0 Å². The minimum absolute atomic E-state index is 0.128. The van der Waals surface area contributed by atoms with E-state index in [9.17, 15) is 4.79 Å². The van der Waals surface area contributed by atoms with Gasteiger partial charge in [0.1, 0.15) is 0 Å². The Kier molecular flexibility index (Phi) is 5.24. The number of thioether (sulfide) groups is 1. The summed E-state index contributed by atoms with van der Waals surface area (Å²) >= 11 is 1.57. The maximum absolute atomic E-state index is 12.1. The molecule has 20 heavy (non-hydrogen) atoms. The molecule has 5 heteroatoms. The number of aryl methyl sites for hydroxylation is 1. The highest BCUT2D eigenvalue weighted by Crippen LogP contribution is 2.17. The molecule has 0 radical (unpaired) electrons. The lowest BCUT2D eigenvalue weighted by Crippen LogP contribution is -2.28. The molecule has 0 saturated heterocycles. The van der Waals surface area contributed by atoms with Gasteiger partial charge in [-0.05, 0) is 25.1 Å². The fourth-order valence-electron chi connectivity index (χ4n) is 1.88. The first-order valence-corrected chi connectivity index (χ1v) is 7.61. The minimum Gasteiger partial charge on any atom is -0.339 e. The molecule has 0 fully saturated rings. The van der Waals surface area contributed by atoms with Gasteiger partial charge in [0.25, 0.3) is 0 Å². The number of carbonyl (C=O) groups is 1. The second-order valence-electron chi connectivity index (χ2n) is 4.49. The van der Waals surface area contributed by atoms with Crippen molar-refractivity contribution in [1.82, 2.24) is 14.7 Å². The van der Waals surface area contributed by atoms with E-state index in [2.05, 4.69) is 5.10 Å². The van der Waals surface area contributed by atoms with Gasteiger partial charge in [0.2, 0.25) is 5.91 Å². The molecule has 2 aromatic rings. The lowest BCUT2D eigenvalue weighted by atomic mass is 10.4. The minimum atomic E-state index is 0.128. The van der Waals surface area contributed by atoms with E-state index in [4.69, 9.17) is 0 Å². The van der Waals surface area contributed by atoms with E-state index in [1.165, 1.54) is 0 Å². The molecule has 0 aliphatic carbocycles. The van der Waals surface area contributed by atoms with Crippen molar-refractivity contribution in [2.75, 3.05) is 12.8 Å². The fourth-order valence-corrected chi connectivity index (χ4v) is 2.74. The molecule has 1 aromatic carbocycles. The van der Waals surface area contributed by atoms with Crippen LogP contribution in [0.3, 0.4) is 0 Å². The summed E-state index contributed by atoms with van der Waals surface area (Å²) in [4.78, 5) is 15.0. The van der Waals surface area contributed by atoms with Crippen LogP contribution in [0.2, 0.25) is 0 Å². The predicted octanol–water partition coefficient (Wildman–Crippen LogP) is 2.65. The van der Waals surface area contributed by atoms with Crippen LogP contribution in [0.4, 0.5) is 0 Å². The Hall–Kier alpha value is -1.75. The molecule has 0 aliphatic rings. The molecule has 106 valence electrons. The summed E-state index contributed by atoms with van der Waals surface area (Å²) in [7, 11) is 1.83. The van der Waals surface area contributed by atoms with Crippen molar-refractivity contribution >= 4 is 17.7 Å². The Morgan fingerprint density at radius 3 is 2.75 bits per heavy atom. The molecule has 0 spiro atoms. The quantitative estimate of drug-likeness (QED) is 0.767. The second kappa shape index (κ2) is 7.14. The first-order chi connectivity index (χ1) is 9.70. The first kappa shape index (κ1) is 14.7. The van der Waals surface area contributed by atoms with Crippen molar-refractivity contribution in [3.05, 3.63) is 48.3 Å². The van der Waals surface area contributed by atoms with Gasteiger partial charge in [0.05, 0.1) is 18.0 Å². The van der Waals surface area contributed by atoms with Crippen molar-refractivity contribution < 1.29 is 4.79 Å². The van der Waals surface area contributed by atoms with Gasteiger partial charge in [-0.25, -0.2) is 0 Å². The first-order valence-electron chi connectivity index (χ1n) is 6.63. The van der Waals surface area contributed by atoms with E-state index in [-0.39, 0.29) is 5.91 Å². The number of benzene rings is 1. The van der Waals surface area contributed by atoms with E-state index in [1.807, 2.05) is 55.1 Å². The molecule has 2 rings (SSSR count). The standard InChI is InChI=1S/C15H19N3OS/c1-3-18-13(9-10-16-18)11-17(2)15(19)12-20-14-7-5-4-6-8-14/h4-10H,3,11-12H2,1-2H3. The van der Waals surface area contributed by atoms with Crippen LogP contribution in [0.5, 0.6) is 0 Å². The molecule has 0 saturated carbocycles. The second-order valence-corrected chi connectivity index (χ2v) is 5.54. The highest BCUT2D eigenvalue weighted by molar-refractivity contribution is 8.00. The summed E-state index contributed by atoms with van der Waals surface area (Å²) in [5, 5.41) is 4.21. The van der Waals surface area contributed by atoms with Crippen LogP contribution < -0.4 is 0 Å². The summed E-state index contributed by atoms with van der Waals surface area (Å²) in [6.45, 7) is 3.47. The van der Waals surface area contributed by atoms with Crippen LogP contribution in [-0.2, 0) is 17.9 Å². The number of rotatable bonds is 6. The van der Waals surface area contributed by atoms with Crippen LogP contribution >= 0.6 is 11.8 Å². The SMILES string of the molecule is CCn1nccc1CN(C)C(=O)CSc1ccccc1. The van der Waals surface area contributed by atoms with E-state index in [0.29, 0.717) is 12.3 Å². The maximum atomic E-state index is 12.1. The molecule has 1 heterocycles. The third-order valence-corrected chi connectivity index (χ3v) is 4.03. The number of aromatic nitrogens is 2. The molecule has 0 N–H and O–H groups in total. The van der Waals surface area contributed by atoms with E-state index in [1.54, 1.807) is 22.9 Å². The number of hydrogen-bond acceptors (Lipinski definition) is 3. The Morgan fingerprint density at radius 1 is 1.30 bits per heavy atom. The van der Waals surface area contributed by atoms with Crippen molar-refractivity contribution in [3.63, 3.8) is 0 Å². The number of hydrogen-bond donors (Lipinski definition) is 0. The van der Waals surface area contributed by atoms with Gasteiger partial charge in [0.15, 0.2) is 0 Å². The van der Waals surface area contributed by atoms with Gasteiger partial charge in [0, 0.05) is 24.7 Å². The lowest BCUT2D eigenvalue weighted by Gasteiger charge is -2.17. The van der Waals surface area contributed by atoms with Crippen LogP contribution in [-0.4, -0.2) is 33.4 Å². The summed E-state index contributed by atoms with van der Waals surface area (Å²) in [5.41, 5.74) is 1.06. The number of nitrogens with zero attached hydrogens (tertiary/aromatic N) is 3. The van der Waals surface area contributed by atoms with Gasteiger partial charge < -0.3 is 4.90 Å². The molecule has 1 aromatic heterocycles. The molecule has 1 amide bonds. The van der Waals surface area contributed by atoms with Gasteiger partial charge in [-0.1, -0.05) is 18.2 Å². The zero-order valence-electron chi connectivity index (χ0n) is 11.8. The van der Waals surface area contributed by atoms with E-state index < -0.39 is 0 Å². The van der Waals surface area contributed by atoms with Crippen molar-refractivity contribution in [1.29, 1.82) is 0 Å². The van der Waals surface area contributed by atoms with Gasteiger partial charge in [-0.15, -0.1) is 11.8 Å². The van der Waals surface area contributed by atoms with Crippen LogP contribution in [0.1, 0.15) is 12.6 Å². The van der Waals surface area contributed by atoms with Gasteiger partial charge >= 0.3 is 0 Å². The Labute approximate surface area is 123 Å². The molecule has 0 bridgehead atoms. The van der Waals surface area contributed by atoms with Crippen LogP contribution in [0.25, 0.3) is 0 Å². The highest BCUT2D eigenvalue weighted by atomic mass is 32.2. The molecule has 4 nitrogen and oxygen atoms in total. The van der Waals surface area contributed by atoms with Crippen molar-refractivity contribution in [2.45, 2.75) is 24.9 Å². The largest absolute Gasteiger partial charge is 0.339 e. The third-order valence-electron chi connectivity index (χ3n) is 3.03. The molecule has 0 aliphatic heterocycles. The number of carbonyl (C=O) groups excluding carboxylic acids is 1. The Bertz CT molecular complexity index is 553. The topological polar surface area (TPSA) is 38.1 Å². The normalized spacial score (nSPS) is 10.5. The van der Waals surface area contributed by atoms with Crippen molar-refractivity contribution in [3.8, 4) is 0 Å². The average Bonchev–Trinajstić information content (AvgIpc) is 2.93. The summed E-state index contributed by atoms with van der Waals surface area (Å²) in [6.07, 6.45) is 1.77.